The molecule has 0 aliphatic carbocycles. The molecule has 416 valence electrons. The van der Waals surface area contributed by atoms with Crippen molar-refractivity contribution in [3.63, 3.8) is 0 Å². The van der Waals surface area contributed by atoms with E-state index >= 15 is 0 Å². The standard InChI is InChI=1S/C62H110NO8P/c1-6-8-10-12-14-16-18-20-22-24-26-27-28-29-30-31-32-33-34-35-37-38-40-42-44-46-48-50-52-54-61(64)68-58-60(59-70-72(66,67)69-57-56-63(3,4)5)71-62(65)55-53-51-49-47-45-43-41-39-36-25-23-21-19-17-15-13-11-9-7-2/h9,11,15,17-18,20-21,23-24,26,36,39,43,45,60H,6-8,10,12-14,16,19,22,25,27-35,37-38,40-42,44,46-59H2,1-5H3/p+1/b11-9-,17-15-,20-18-,23-21-,26-24-,39-36-,45-43-. The van der Waals surface area contributed by atoms with Gasteiger partial charge in [-0.1, -0.05) is 227 Å². The quantitative estimate of drug-likeness (QED) is 0.0211. The van der Waals surface area contributed by atoms with Crippen LogP contribution in [0.1, 0.15) is 245 Å². The number of carbonyl (C=O) groups excluding carboxylic acids is 2. The highest BCUT2D eigenvalue weighted by Gasteiger charge is 2.27. The van der Waals surface area contributed by atoms with Gasteiger partial charge >= 0.3 is 19.8 Å². The van der Waals surface area contributed by atoms with E-state index < -0.39 is 26.5 Å². The highest BCUT2D eigenvalue weighted by Crippen LogP contribution is 2.43. The number of carbonyl (C=O) groups is 2. The van der Waals surface area contributed by atoms with Crippen LogP contribution in [-0.2, 0) is 32.7 Å². The van der Waals surface area contributed by atoms with Crippen molar-refractivity contribution < 1.29 is 42.1 Å². The molecule has 0 fully saturated rings. The maximum absolute atomic E-state index is 12.8. The van der Waals surface area contributed by atoms with Gasteiger partial charge in [0.15, 0.2) is 6.10 Å². The second-order valence-corrected chi connectivity index (χ2v) is 22.1. The number of phosphoric ester groups is 1. The van der Waals surface area contributed by atoms with Crippen LogP contribution in [0.15, 0.2) is 85.1 Å². The molecule has 9 nitrogen and oxygen atoms in total. The summed E-state index contributed by atoms with van der Waals surface area (Å²) >= 11 is 0. The number of esters is 2. The van der Waals surface area contributed by atoms with Gasteiger partial charge in [0.2, 0.25) is 0 Å². The Morgan fingerprint density at radius 1 is 0.444 bits per heavy atom. The second-order valence-electron chi connectivity index (χ2n) is 20.6. The van der Waals surface area contributed by atoms with Crippen LogP contribution in [0.25, 0.3) is 0 Å². The van der Waals surface area contributed by atoms with E-state index in [1.807, 2.05) is 21.1 Å². The molecular weight excluding hydrogens is 918 g/mol. The van der Waals surface area contributed by atoms with Crippen LogP contribution < -0.4 is 0 Å². The van der Waals surface area contributed by atoms with Gasteiger partial charge in [-0.05, 0) is 89.9 Å². The number of ether oxygens (including phenoxy) is 2. The average molecular weight is 1030 g/mol. The molecule has 0 aromatic heterocycles. The first-order valence-electron chi connectivity index (χ1n) is 29.3. The van der Waals surface area contributed by atoms with E-state index in [9.17, 15) is 19.0 Å². The SMILES string of the molecule is CC/C=C\C/C=C\C/C=C\C/C=C\C/C=C\CCCCCC(=O)OC(COC(=O)CCCCCCCCCCCCCCCCCCC/C=C\C/C=C\CCCCCCC)COP(=O)(O)OCC[N+](C)(C)C. The Bertz CT molecular complexity index is 1490. The number of unbranched alkanes of at least 4 members (excludes halogenated alkanes) is 25. The van der Waals surface area contributed by atoms with E-state index in [1.54, 1.807) is 0 Å². The second kappa shape index (κ2) is 53.0. The van der Waals surface area contributed by atoms with Crippen LogP contribution in [0, 0.1) is 0 Å². The number of nitrogens with zero attached hydrogens (tertiary/aromatic N) is 1. The van der Waals surface area contributed by atoms with E-state index in [0.717, 1.165) is 77.0 Å². The number of allylic oxidation sites excluding steroid dienone is 14. The minimum atomic E-state index is -4.40. The van der Waals surface area contributed by atoms with Crippen LogP contribution in [0.3, 0.4) is 0 Å². The van der Waals surface area contributed by atoms with E-state index in [0.29, 0.717) is 17.4 Å². The Morgan fingerprint density at radius 3 is 1.19 bits per heavy atom. The molecule has 0 heterocycles. The van der Waals surface area contributed by atoms with Crippen molar-refractivity contribution in [2.24, 2.45) is 0 Å². The van der Waals surface area contributed by atoms with Crippen molar-refractivity contribution in [1.82, 2.24) is 0 Å². The number of rotatable bonds is 53. The maximum atomic E-state index is 12.8. The van der Waals surface area contributed by atoms with E-state index in [2.05, 4.69) is 98.9 Å². The van der Waals surface area contributed by atoms with Crippen molar-refractivity contribution in [3.05, 3.63) is 85.1 Å². The minimum Gasteiger partial charge on any atom is -0.462 e. The zero-order valence-electron chi connectivity index (χ0n) is 47.1. The molecule has 0 aromatic carbocycles. The van der Waals surface area contributed by atoms with Gasteiger partial charge in [0.1, 0.15) is 19.8 Å². The van der Waals surface area contributed by atoms with Crippen molar-refractivity contribution in [2.75, 3.05) is 47.5 Å². The van der Waals surface area contributed by atoms with Crippen LogP contribution in [0.4, 0.5) is 0 Å². The molecule has 0 saturated carbocycles. The lowest BCUT2D eigenvalue weighted by Gasteiger charge is -2.24. The van der Waals surface area contributed by atoms with Gasteiger partial charge < -0.3 is 18.9 Å². The van der Waals surface area contributed by atoms with Crippen molar-refractivity contribution >= 4 is 19.8 Å². The lowest BCUT2D eigenvalue weighted by Crippen LogP contribution is -2.37. The molecule has 0 radical (unpaired) electrons. The molecule has 2 unspecified atom stereocenters. The molecule has 0 aromatic rings. The van der Waals surface area contributed by atoms with Crippen LogP contribution in [0.2, 0.25) is 0 Å². The molecule has 0 rings (SSSR count). The fourth-order valence-electron chi connectivity index (χ4n) is 7.90. The van der Waals surface area contributed by atoms with Crippen molar-refractivity contribution in [3.8, 4) is 0 Å². The number of hydrogen-bond acceptors (Lipinski definition) is 7. The smallest absolute Gasteiger partial charge is 0.462 e. The number of phosphoric acid groups is 1. The summed E-state index contributed by atoms with van der Waals surface area (Å²) in [6, 6.07) is 0. The molecule has 10 heteroatoms. The Kier molecular flexibility index (Phi) is 51.0. The molecular formula is C62H111NO8P+. The Balaban J connectivity index is 4.15. The van der Waals surface area contributed by atoms with Gasteiger partial charge in [0, 0.05) is 12.8 Å². The molecule has 0 saturated heterocycles. The zero-order valence-corrected chi connectivity index (χ0v) is 48.0. The normalized spacial score (nSPS) is 13.9. The van der Waals surface area contributed by atoms with Crippen molar-refractivity contribution in [2.45, 2.75) is 251 Å². The van der Waals surface area contributed by atoms with Gasteiger partial charge in [-0.25, -0.2) is 4.57 Å². The number of quaternary nitrogens is 1. The predicted octanol–water partition coefficient (Wildman–Crippen LogP) is 18.3. The molecule has 1 N–H and O–H groups in total. The van der Waals surface area contributed by atoms with Crippen molar-refractivity contribution in [1.29, 1.82) is 0 Å². The van der Waals surface area contributed by atoms with Crippen LogP contribution in [0.5, 0.6) is 0 Å². The first-order valence-corrected chi connectivity index (χ1v) is 30.8. The summed E-state index contributed by atoms with van der Waals surface area (Å²) in [5.74, 6) is -0.834. The third-order valence-corrected chi connectivity index (χ3v) is 13.4. The summed E-state index contributed by atoms with van der Waals surface area (Å²) in [5.41, 5.74) is 0. The zero-order chi connectivity index (χ0) is 52.7. The molecule has 0 amide bonds. The highest BCUT2D eigenvalue weighted by atomic mass is 31.2. The first kappa shape index (κ1) is 69.2. The van der Waals surface area contributed by atoms with E-state index in [-0.39, 0.29) is 32.0 Å². The van der Waals surface area contributed by atoms with E-state index in [1.165, 1.54) is 135 Å². The minimum absolute atomic E-state index is 0.0217. The maximum Gasteiger partial charge on any atom is 0.472 e. The molecule has 0 bridgehead atoms. The number of hydrogen-bond donors (Lipinski definition) is 1. The topological polar surface area (TPSA) is 108 Å². The van der Waals surface area contributed by atoms with Gasteiger partial charge in [-0.3, -0.25) is 18.6 Å². The lowest BCUT2D eigenvalue weighted by atomic mass is 10.0. The summed E-state index contributed by atoms with van der Waals surface area (Å²) in [5, 5.41) is 0. The fraction of sp³-hybridized carbons (Fsp3) is 0.742. The van der Waals surface area contributed by atoms with Crippen LogP contribution >= 0.6 is 7.82 Å². The molecule has 2 atom stereocenters. The number of likely N-dealkylation sites (N-methyl/N-ethyl adjacent to an activating group) is 1. The molecule has 0 spiro atoms. The first-order chi connectivity index (χ1) is 35.0. The summed E-state index contributed by atoms with van der Waals surface area (Å²) < 4.78 is 34.5. The summed E-state index contributed by atoms with van der Waals surface area (Å²) in [7, 11) is 1.45. The molecule has 72 heavy (non-hydrogen) atoms. The van der Waals surface area contributed by atoms with Gasteiger partial charge in [-0.15, -0.1) is 0 Å². The Labute approximate surface area is 443 Å². The molecule has 0 aliphatic heterocycles. The predicted molar refractivity (Wildman–Crippen MR) is 307 cm³/mol. The third kappa shape index (κ3) is 56.5. The summed E-state index contributed by atoms with van der Waals surface area (Å²) in [6.45, 7) is 4.28. The molecule has 0 aliphatic rings. The van der Waals surface area contributed by atoms with Gasteiger partial charge in [0.05, 0.1) is 27.7 Å². The largest absolute Gasteiger partial charge is 0.472 e. The van der Waals surface area contributed by atoms with Gasteiger partial charge in [-0.2, -0.15) is 0 Å². The van der Waals surface area contributed by atoms with Gasteiger partial charge in [0.25, 0.3) is 0 Å². The Hall–Kier alpha value is -2.81. The monoisotopic (exact) mass is 1030 g/mol. The average Bonchev–Trinajstić information content (AvgIpc) is 3.34. The Morgan fingerprint density at radius 2 is 0.792 bits per heavy atom. The summed E-state index contributed by atoms with van der Waals surface area (Å²) in [4.78, 5) is 35.7. The van der Waals surface area contributed by atoms with Crippen LogP contribution in [-0.4, -0.2) is 74.9 Å². The fourth-order valence-corrected chi connectivity index (χ4v) is 8.64. The summed E-state index contributed by atoms with van der Waals surface area (Å²) in [6.07, 6.45) is 70.9. The highest BCUT2D eigenvalue weighted by molar-refractivity contribution is 7.47. The third-order valence-electron chi connectivity index (χ3n) is 12.4. The van der Waals surface area contributed by atoms with E-state index in [4.69, 9.17) is 18.5 Å². The lowest BCUT2D eigenvalue weighted by molar-refractivity contribution is -0.870.